The molecule has 1 atom stereocenters. The number of halogens is 6. The lowest BCUT2D eigenvalue weighted by Gasteiger charge is -2.23. The minimum atomic E-state index is -1.30. The van der Waals surface area contributed by atoms with Crippen molar-refractivity contribution in [2.75, 3.05) is 13.2 Å². The van der Waals surface area contributed by atoms with Gasteiger partial charge in [-0.2, -0.15) is 8.78 Å². The molecule has 226 valence electrons. The molecule has 4 rings (SSSR count). The number of allylic oxidation sites excluding steroid dienone is 2. The van der Waals surface area contributed by atoms with Crippen LogP contribution in [0.4, 0.5) is 26.3 Å². The highest BCUT2D eigenvalue weighted by molar-refractivity contribution is 5.68. The number of rotatable bonds is 13. The van der Waals surface area contributed by atoms with Crippen molar-refractivity contribution in [2.24, 2.45) is 5.92 Å². The fourth-order valence-corrected chi connectivity index (χ4v) is 5.14. The highest BCUT2D eigenvalue weighted by Crippen LogP contribution is 2.37. The summed E-state index contributed by atoms with van der Waals surface area (Å²) in [6, 6.07) is 8.04. The number of hydrogen-bond donors (Lipinski definition) is 0. The van der Waals surface area contributed by atoms with Crippen LogP contribution in [0.1, 0.15) is 76.3 Å². The van der Waals surface area contributed by atoms with Gasteiger partial charge in [0.1, 0.15) is 0 Å². The van der Waals surface area contributed by atoms with E-state index < -0.39 is 34.9 Å². The third-order valence-corrected chi connectivity index (χ3v) is 7.74. The topological polar surface area (TPSA) is 18.5 Å². The Bertz CT molecular complexity index is 1420. The van der Waals surface area contributed by atoms with Crippen LogP contribution in [0.2, 0.25) is 0 Å². The summed E-state index contributed by atoms with van der Waals surface area (Å²) in [6.45, 7) is 4.46. The zero-order valence-corrected chi connectivity index (χ0v) is 24.0. The van der Waals surface area contributed by atoms with Crippen LogP contribution in [0.3, 0.4) is 0 Å². The lowest BCUT2D eigenvalue weighted by molar-refractivity contribution is 0.288. The number of unbranched alkanes of at least 4 members (excludes halogenated alkanes) is 2. The summed E-state index contributed by atoms with van der Waals surface area (Å²) >= 11 is 0. The molecule has 8 heteroatoms. The van der Waals surface area contributed by atoms with Gasteiger partial charge in [0.25, 0.3) is 0 Å². The van der Waals surface area contributed by atoms with Gasteiger partial charge in [-0.25, -0.2) is 17.6 Å². The molecule has 42 heavy (non-hydrogen) atoms. The second kappa shape index (κ2) is 14.7. The number of benzene rings is 3. The fourth-order valence-electron chi connectivity index (χ4n) is 5.14. The third-order valence-electron chi connectivity index (χ3n) is 7.74. The molecule has 0 fully saturated rings. The molecule has 3 aromatic carbocycles. The first-order valence-corrected chi connectivity index (χ1v) is 14.6. The van der Waals surface area contributed by atoms with Crippen molar-refractivity contribution in [3.05, 3.63) is 88.5 Å². The van der Waals surface area contributed by atoms with Crippen LogP contribution < -0.4 is 9.47 Å². The molecule has 1 aliphatic rings. The van der Waals surface area contributed by atoms with Gasteiger partial charge in [0, 0.05) is 16.7 Å². The Kier molecular flexibility index (Phi) is 11.0. The van der Waals surface area contributed by atoms with Crippen molar-refractivity contribution in [3.63, 3.8) is 0 Å². The maximum absolute atomic E-state index is 15.0. The van der Waals surface area contributed by atoms with Gasteiger partial charge in [0.05, 0.1) is 13.2 Å². The highest BCUT2D eigenvalue weighted by atomic mass is 19.2. The second-order valence-electron chi connectivity index (χ2n) is 10.7. The molecule has 0 saturated carbocycles. The zero-order valence-electron chi connectivity index (χ0n) is 24.0. The first-order valence-electron chi connectivity index (χ1n) is 14.6. The monoisotopic (exact) mass is 590 g/mol. The smallest absolute Gasteiger partial charge is 0.201 e. The molecule has 0 aromatic heterocycles. The molecule has 0 saturated heterocycles. The first-order chi connectivity index (χ1) is 20.3. The summed E-state index contributed by atoms with van der Waals surface area (Å²) in [5.41, 5.74) is 0.307. The van der Waals surface area contributed by atoms with E-state index in [1.807, 2.05) is 19.9 Å². The number of ether oxygens (including phenoxy) is 2. The van der Waals surface area contributed by atoms with E-state index in [1.165, 1.54) is 36.4 Å². The van der Waals surface area contributed by atoms with E-state index in [9.17, 15) is 22.0 Å². The van der Waals surface area contributed by atoms with Gasteiger partial charge in [-0.15, -0.1) is 0 Å². The maximum Gasteiger partial charge on any atom is 0.201 e. The van der Waals surface area contributed by atoms with Crippen LogP contribution in [0.25, 0.3) is 16.7 Å². The van der Waals surface area contributed by atoms with E-state index in [1.54, 1.807) is 0 Å². The fraction of sp³-hybridized carbons (Fsp3) is 0.412. The Morgan fingerprint density at radius 1 is 0.643 bits per heavy atom. The summed E-state index contributed by atoms with van der Waals surface area (Å²) in [7, 11) is 0. The molecule has 2 nitrogen and oxygen atoms in total. The maximum atomic E-state index is 15.0. The van der Waals surface area contributed by atoms with E-state index in [2.05, 4.69) is 0 Å². The molecule has 0 N–H and O–H groups in total. The Balaban J connectivity index is 1.40. The molecule has 1 aliphatic carbocycles. The van der Waals surface area contributed by atoms with E-state index in [0.29, 0.717) is 44.3 Å². The van der Waals surface area contributed by atoms with Gasteiger partial charge in [-0.3, -0.25) is 0 Å². The third kappa shape index (κ3) is 7.13. The van der Waals surface area contributed by atoms with Crippen molar-refractivity contribution >= 4 is 5.57 Å². The highest BCUT2D eigenvalue weighted by Gasteiger charge is 2.24. The quantitative estimate of drug-likeness (QED) is 0.146. The van der Waals surface area contributed by atoms with Gasteiger partial charge >= 0.3 is 0 Å². The van der Waals surface area contributed by atoms with Crippen LogP contribution in [-0.2, 0) is 6.42 Å². The van der Waals surface area contributed by atoms with Gasteiger partial charge in [-0.05, 0) is 86.3 Å². The van der Waals surface area contributed by atoms with Gasteiger partial charge in [0.15, 0.2) is 34.8 Å². The molecular weight excluding hydrogens is 554 g/mol. The largest absolute Gasteiger partial charge is 0.490 e. The van der Waals surface area contributed by atoms with Crippen molar-refractivity contribution in [1.29, 1.82) is 0 Å². The van der Waals surface area contributed by atoms with Crippen molar-refractivity contribution in [2.45, 2.75) is 71.6 Å². The average Bonchev–Trinajstić information content (AvgIpc) is 2.99. The van der Waals surface area contributed by atoms with E-state index in [0.717, 1.165) is 19.3 Å². The average molecular weight is 591 g/mol. The van der Waals surface area contributed by atoms with E-state index in [4.69, 9.17) is 9.47 Å². The predicted molar refractivity (Wildman–Crippen MR) is 153 cm³/mol. The molecule has 0 radical (unpaired) electrons. The normalized spacial score (nSPS) is 15.0. The Morgan fingerprint density at radius 3 is 1.71 bits per heavy atom. The molecule has 0 heterocycles. The predicted octanol–water partition coefficient (Wildman–Crippen LogP) is 10.4. The number of hydrogen-bond acceptors (Lipinski definition) is 2. The van der Waals surface area contributed by atoms with Crippen LogP contribution in [-0.4, -0.2) is 13.2 Å². The molecule has 0 aliphatic heterocycles. The number of aryl methyl sites for hydroxylation is 1. The van der Waals surface area contributed by atoms with Crippen LogP contribution in [0.15, 0.2) is 42.5 Å². The van der Waals surface area contributed by atoms with Gasteiger partial charge in [0.2, 0.25) is 11.6 Å². The summed E-state index contributed by atoms with van der Waals surface area (Å²) in [5, 5.41) is 0. The van der Waals surface area contributed by atoms with E-state index in [-0.39, 0.29) is 52.7 Å². The molecule has 3 aromatic rings. The standard InChI is InChI=1S/C34H36F6O2/c1-3-5-19-41-27-17-15-24(30(36)33(27)39)22-10-7-21(8-11-22)9-12-23-13-14-25(31(37)29(23)35)26-16-18-28(34(40)32(26)38)42-20-6-4-2/h10,13-18,21H,3-9,11-12,19-20H2,1-2H3. The lowest BCUT2D eigenvalue weighted by atomic mass is 9.83. The second-order valence-corrected chi connectivity index (χ2v) is 10.7. The minimum absolute atomic E-state index is 0.0967. The minimum Gasteiger partial charge on any atom is -0.490 e. The molecule has 0 amide bonds. The Hall–Kier alpha value is -3.42. The van der Waals surface area contributed by atoms with Crippen molar-refractivity contribution < 1.29 is 35.8 Å². The van der Waals surface area contributed by atoms with Crippen molar-refractivity contribution in [3.8, 4) is 22.6 Å². The van der Waals surface area contributed by atoms with Crippen LogP contribution >= 0.6 is 0 Å². The summed E-state index contributed by atoms with van der Waals surface area (Å²) in [6.07, 6.45) is 7.58. The molecule has 0 spiro atoms. The Morgan fingerprint density at radius 2 is 1.17 bits per heavy atom. The van der Waals surface area contributed by atoms with Crippen LogP contribution in [0, 0.1) is 40.8 Å². The molecular formula is C34H36F6O2. The lowest BCUT2D eigenvalue weighted by Crippen LogP contribution is -2.09. The van der Waals surface area contributed by atoms with Gasteiger partial charge < -0.3 is 9.47 Å². The summed E-state index contributed by atoms with van der Waals surface area (Å²) in [5.74, 6) is -7.02. The van der Waals surface area contributed by atoms with Gasteiger partial charge in [-0.1, -0.05) is 44.9 Å². The molecule has 0 bridgehead atoms. The summed E-state index contributed by atoms with van der Waals surface area (Å²) < 4.78 is 99.1. The van der Waals surface area contributed by atoms with Crippen molar-refractivity contribution in [1.82, 2.24) is 0 Å². The Labute approximate surface area is 243 Å². The van der Waals surface area contributed by atoms with E-state index >= 15 is 4.39 Å². The van der Waals surface area contributed by atoms with Crippen LogP contribution in [0.5, 0.6) is 11.5 Å². The zero-order chi connectivity index (χ0) is 30.2. The molecule has 1 unspecified atom stereocenters. The SMILES string of the molecule is CCCCOc1ccc(C2=CCC(CCc3ccc(-c4ccc(OCCCC)c(F)c4F)c(F)c3F)CC2)c(F)c1F. The summed E-state index contributed by atoms with van der Waals surface area (Å²) in [4.78, 5) is 0. The first kappa shape index (κ1) is 31.5.